The van der Waals surface area contributed by atoms with Crippen LogP contribution in [0, 0.1) is 5.92 Å². The normalized spacial score (nSPS) is 24.9. The zero-order valence-electron chi connectivity index (χ0n) is 8.97. The van der Waals surface area contributed by atoms with Crippen LogP contribution in [-0.2, 0) is 4.57 Å². The molecule has 1 aromatic carbocycles. The number of hydrogen-bond acceptors (Lipinski definition) is 2. The predicted octanol–water partition coefficient (Wildman–Crippen LogP) is 3.45. The standard InChI is InChI=1S/C12H14NOP/c1-8-6-9(2)10-4-3-5-11(15-14)12(10)13-7-8/h3-5,7-9H,6H2,1-2H3. The Labute approximate surface area is 91.6 Å². The Balaban J connectivity index is 2.57. The van der Waals surface area contributed by atoms with Crippen LogP contribution in [0.25, 0.3) is 0 Å². The SMILES string of the molecule is CC1C=Nc2c(P=O)cccc2C(C)C1. The maximum atomic E-state index is 11.0. The molecule has 1 aliphatic heterocycles. The van der Waals surface area contributed by atoms with Gasteiger partial charge in [-0.25, -0.2) is 0 Å². The molecule has 0 bridgehead atoms. The van der Waals surface area contributed by atoms with Crippen molar-refractivity contribution in [3.63, 3.8) is 0 Å². The summed E-state index contributed by atoms with van der Waals surface area (Å²) in [5.74, 6) is 0.975. The van der Waals surface area contributed by atoms with E-state index >= 15 is 0 Å². The van der Waals surface area contributed by atoms with Crippen LogP contribution in [0.4, 0.5) is 5.69 Å². The molecule has 2 atom stereocenters. The minimum atomic E-state index is 0.0581. The van der Waals surface area contributed by atoms with Gasteiger partial charge in [-0.3, -0.25) is 9.56 Å². The molecule has 0 aliphatic carbocycles. The monoisotopic (exact) mass is 219 g/mol. The van der Waals surface area contributed by atoms with E-state index in [-0.39, 0.29) is 8.46 Å². The van der Waals surface area contributed by atoms with Crippen LogP contribution in [0.5, 0.6) is 0 Å². The Morgan fingerprint density at radius 1 is 1.40 bits per heavy atom. The van der Waals surface area contributed by atoms with E-state index in [1.165, 1.54) is 5.56 Å². The summed E-state index contributed by atoms with van der Waals surface area (Å²) in [6, 6.07) is 5.92. The second-order valence-electron chi connectivity index (χ2n) is 4.20. The summed E-state index contributed by atoms with van der Waals surface area (Å²) in [6.07, 6.45) is 3.08. The van der Waals surface area contributed by atoms with Crippen molar-refractivity contribution in [2.24, 2.45) is 10.9 Å². The van der Waals surface area contributed by atoms with Crippen molar-refractivity contribution in [1.82, 2.24) is 0 Å². The number of hydrogen-bond donors (Lipinski definition) is 0. The van der Waals surface area contributed by atoms with Gasteiger partial charge < -0.3 is 0 Å². The maximum Gasteiger partial charge on any atom is 0.194 e. The summed E-state index contributed by atoms with van der Waals surface area (Å²) < 4.78 is 11.0. The maximum absolute atomic E-state index is 11.0. The summed E-state index contributed by atoms with van der Waals surface area (Å²) in [6.45, 7) is 4.37. The molecule has 1 heterocycles. The zero-order chi connectivity index (χ0) is 10.8. The molecule has 0 saturated carbocycles. The molecule has 0 fully saturated rings. The first kappa shape index (κ1) is 10.5. The average molecular weight is 219 g/mol. The molecule has 0 saturated heterocycles. The molecule has 2 rings (SSSR count). The van der Waals surface area contributed by atoms with Crippen LogP contribution in [0.3, 0.4) is 0 Å². The van der Waals surface area contributed by atoms with Gasteiger partial charge in [-0.05, 0) is 29.9 Å². The third-order valence-electron chi connectivity index (χ3n) is 2.86. The highest BCUT2D eigenvalue weighted by molar-refractivity contribution is 7.34. The Kier molecular flexibility index (Phi) is 2.97. The van der Waals surface area contributed by atoms with Gasteiger partial charge in [0.15, 0.2) is 8.46 Å². The molecule has 1 aliphatic rings. The minimum Gasteiger partial charge on any atom is -0.269 e. The van der Waals surface area contributed by atoms with E-state index in [1.807, 2.05) is 18.3 Å². The van der Waals surface area contributed by atoms with Crippen molar-refractivity contribution in [2.75, 3.05) is 0 Å². The van der Waals surface area contributed by atoms with Crippen LogP contribution in [-0.4, -0.2) is 6.21 Å². The second-order valence-corrected chi connectivity index (χ2v) is 4.86. The first-order valence-electron chi connectivity index (χ1n) is 5.23. The lowest BCUT2D eigenvalue weighted by Gasteiger charge is -2.13. The number of fused-ring (bicyclic) bond motifs is 1. The number of nitrogens with zero attached hydrogens (tertiary/aromatic N) is 1. The van der Waals surface area contributed by atoms with E-state index in [4.69, 9.17) is 0 Å². The number of aliphatic imine (C=N–C) groups is 1. The van der Waals surface area contributed by atoms with Gasteiger partial charge in [0.25, 0.3) is 0 Å². The summed E-state index contributed by atoms with van der Waals surface area (Å²) >= 11 is 0. The molecule has 78 valence electrons. The number of benzene rings is 1. The fourth-order valence-electron chi connectivity index (χ4n) is 2.11. The highest BCUT2D eigenvalue weighted by Crippen LogP contribution is 2.33. The highest BCUT2D eigenvalue weighted by atomic mass is 31.1. The van der Waals surface area contributed by atoms with Crippen LogP contribution < -0.4 is 5.30 Å². The van der Waals surface area contributed by atoms with Crippen molar-refractivity contribution in [3.05, 3.63) is 23.8 Å². The molecule has 0 N–H and O–H groups in total. The van der Waals surface area contributed by atoms with Gasteiger partial charge >= 0.3 is 0 Å². The van der Waals surface area contributed by atoms with Gasteiger partial charge in [0.05, 0.1) is 11.0 Å². The molecule has 2 nitrogen and oxygen atoms in total. The lowest BCUT2D eigenvalue weighted by molar-refractivity contribution is 0.602. The predicted molar refractivity (Wildman–Crippen MR) is 64.0 cm³/mol. The van der Waals surface area contributed by atoms with E-state index in [2.05, 4.69) is 24.9 Å². The second kappa shape index (κ2) is 4.24. The Bertz CT molecular complexity index is 414. The number of rotatable bonds is 1. The van der Waals surface area contributed by atoms with Crippen LogP contribution >= 0.6 is 8.46 Å². The number of para-hydroxylation sites is 1. The lowest BCUT2D eigenvalue weighted by Crippen LogP contribution is -2.01. The fraction of sp³-hybridized carbons (Fsp3) is 0.417. The summed E-state index contributed by atoms with van der Waals surface area (Å²) in [4.78, 5) is 4.46. The van der Waals surface area contributed by atoms with Gasteiger partial charge in [0.2, 0.25) is 0 Å². The van der Waals surface area contributed by atoms with Crippen molar-refractivity contribution in [3.8, 4) is 0 Å². The smallest absolute Gasteiger partial charge is 0.194 e. The topological polar surface area (TPSA) is 29.4 Å². The van der Waals surface area contributed by atoms with Gasteiger partial charge in [-0.1, -0.05) is 26.0 Å². The molecular formula is C12H14NOP. The molecule has 0 radical (unpaired) electrons. The van der Waals surface area contributed by atoms with E-state index in [9.17, 15) is 4.57 Å². The lowest BCUT2D eigenvalue weighted by atomic mass is 9.92. The van der Waals surface area contributed by atoms with Crippen molar-refractivity contribution < 1.29 is 4.57 Å². The molecule has 1 aromatic rings. The highest BCUT2D eigenvalue weighted by Gasteiger charge is 2.18. The molecule has 0 spiro atoms. The summed E-state index contributed by atoms with van der Waals surface area (Å²) in [5, 5.41) is 0.796. The Morgan fingerprint density at radius 2 is 2.20 bits per heavy atom. The van der Waals surface area contributed by atoms with Gasteiger partial charge in [0, 0.05) is 6.21 Å². The molecular weight excluding hydrogens is 205 g/mol. The molecule has 0 aromatic heterocycles. The first-order valence-corrected chi connectivity index (χ1v) is 6.04. The van der Waals surface area contributed by atoms with E-state index in [1.54, 1.807) is 0 Å². The van der Waals surface area contributed by atoms with Crippen molar-refractivity contribution >= 4 is 25.7 Å². The largest absolute Gasteiger partial charge is 0.269 e. The van der Waals surface area contributed by atoms with E-state index < -0.39 is 0 Å². The molecule has 0 amide bonds. The van der Waals surface area contributed by atoms with Gasteiger partial charge in [0.1, 0.15) is 0 Å². The van der Waals surface area contributed by atoms with Crippen molar-refractivity contribution in [1.29, 1.82) is 0 Å². The zero-order valence-corrected chi connectivity index (χ0v) is 9.87. The van der Waals surface area contributed by atoms with Crippen LogP contribution in [0.1, 0.15) is 31.7 Å². The quantitative estimate of drug-likeness (QED) is 0.665. The molecule has 3 heteroatoms. The Morgan fingerprint density at radius 3 is 2.93 bits per heavy atom. The van der Waals surface area contributed by atoms with Crippen LogP contribution in [0.2, 0.25) is 0 Å². The first-order chi connectivity index (χ1) is 7.22. The Hall–Kier alpha value is -1.01. The molecule has 15 heavy (non-hydrogen) atoms. The summed E-state index contributed by atoms with van der Waals surface area (Å²) in [5.41, 5.74) is 2.13. The fourth-order valence-corrected chi connectivity index (χ4v) is 2.53. The van der Waals surface area contributed by atoms with Crippen molar-refractivity contribution in [2.45, 2.75) is 26.2 Å². The van der Waals surface area contributed by atoms with Crippen LogP contribution in [0.15, 0.2) is 23.2 Å². The van der Waals surface area contributed by atoms with Gasteiger partial charge in [-0.2, -0.15) is 0 Å². The van der Waals surface area contributed by atoms with E-state index in [0.29, 0.717) is 11.8 Å². The van der Waals surface area contributed by atoms with E-state index in [0.717, 1.165) is 17.4 Å². The third kappa shape index (κ3) is 2.00. The van der Waals surface area contributed by atoms with Gasteiger partial charge in [-0.15, -0.1) is 0 Å². The third-order valence-corrected chi connectivity index (χ3v) is 3.42. The minimum absolute atomic E-state index is 0.0581. The summed E-state index contributed by atoms with van der Waals surface area (Å²) in [7, 11) is 0.0581. The molecule has 2 unspecified atom stereocenters. The average Bonchev–Trinajstić information content (AvgIpc) is 2.38.